The van der Waals surface area contributed by atoms with E-state index in [0.29, 0.717) is 22.8 Å². The summed E-state index contributed by atoms with van der Waals surface area (Å²) in [5.41, 5.74) is 0.948. The SMILES string of the molecule is COc1cc(OC)c(C(=O)C(c2ccccc2)C(C)C(=O)OP)c(OC)c1. The van der Waals surface area contributed by atoms with Gasteiger partial charge in [0.25, 0.3) is 0 Å². The van der Waals surface area contributed by atoms with Gasteiger partial charge in [0, 0.05) is 12.1 Å². The molecule has 0 aromatic heterocycles. The number of hydrogen-bond donors (Lipinski definition) is 0. The zero-order valence-corrected chi connectivity index (χ0v) is 16.9. The zero-order chi connectivity index (χ0) is 20.0. The highest BCUT2D eigenvalue weighted by atomic mass is 31.0. The summed E-state index contributed by atoms with van der Waals surface area (Å²) in [6.45, 7) is 1.66. The van der Waals surface area contributed by atoms with Gasteiger partial charge in [-0.05, 0) is 5.56 Å². The monoisotopic (exact) mass is 390 g/mol. The molecule has 0 aliphatic carbocycles. The lowest BCUT2D eigenvalue weighted by molar-refractivity contribution is -0.137. The van der Waals surface area contributed by atoms with Crippen LogP contribution in [0, 0.1) is 5.92 Å². The van der Waals surface area contributed by atoms with Crippen LogP contribution in [0.2, 0.25) is 0 Å². The van der Waals surface area contributed by atoms with Gasteiger partial charge < -0.3 is 18.7 Å². The van der Waals surface area contributed by atoms with Crippen LogP contribution in [0.3, 0.4) is 0 Å². The first-order valence-electron chi connectivity index (χ1n) is 8.28. The largest absolute Gasteiger partial charge is 0.496 e. The van der Waals surface area contributed by atoms with Crippen molar-refractivity contribution in [1.82, 2.24) is 0 Å². The van der Waals surface area contributed by atoms with Gasteiger partial charge in [-0.15, -0.1) is 0 Å². The predicted molar refractivity (Wildman–Crippen MR) is 105 cm³/mol. The number of carbonyl (C=O) groups is 2. The average molecular weight is 390 g/mol. The molecule has 7 heteroatoms. The number of ketones is 1. The van der Waals surface area contributed by atoms with Crippen molar-refractivity contribution < 1.29 is 28.3 Å². The van der Waals surface area contributed by atoms with E-state index >= 15 is 0 Å². The Hall–Kier alpha value is -2.59. The van der Waals surface area contributed by atoms with E-state index in [1.165, 1.54) is 21.3 Å². The van der Waals surface area contributed by atoms with Crippen LogP contribution < -0.4 is 14.2 Å². The van der Waals surface area contributed by atoms with Crippen LogP contribution in [0.15, 0.2) is 42.5 Å². The molecule has 3 unspecified atom stereocenters. The minimum atomic E-state index is -0.768. The second-order valence-electron chi connectivity index (χ2n) is 5.89. The Kier molecular flexibility index (Phi) is 7.19. The van der Waals surface area contributed by atoms with Gasteiger partial charge >= 0.3 is 5.97 Å². The molecule has 2 rings (SSSR count). The van der Waals surface area contributed by atoms with E-state index in [2.05, 4.69) is 0 Å². The third-order valence-electron chi connectivity index (χ3n) is 4.39. The molecule has 2 aromatic rings. The van der Waals surface area contributed by atoms with Crippen molar-refractivity contribution in [3.8, 4) is 17.2 Å². The Morgan fingerprint density at radius 3 is 1.93 bits per heavy atom. The fourth-order valence-corrected chi connectivity index (χ4v) is 3.19. The van der Waals surface area contributed by atoms with Crippen LogP contribution in [-0.2, 0) is 9.32 Å². The molecular weight excluding hydrogens is 367 g/mol. The van der Waals surface area contributed by atoms with E-state index in [1.807, 2.05) is 27.7 Å². The fraction of sp³-hybridized carbons (Fsp3) is 0.300. The van der Waals surface area contributed by atoms with Crippen LogP contribution in [0.5, 0.6) is 17.2 Å². The van der Waals surface area contributed by atoms with Gasteiger partial charge in [-0.1, -0.05) is 37.3 Å². The Balaban J connectivity index is 2.64. The van der Waals surface area contributed by atoms with E-state index in [-0.39, 0.29) is 11.3 Å². The average Bonchev–Trinajstić information content (AvgIpc) is 2.72. The van der Waals surface area contributed by atoms with Crippen molar-refractivity contribution in [3.05, 3.63) is 53.6 Å². The molecule has 0 saturated heterocycles. The Bertz CT molecular complexity index is 780. The Morgan fingerprint density at radius 2 is 1.48 bits per heavy atom. The molecule has 0 bridgehead atoms. The molecule has 0 aliphatic rings. The van der Waals surface area contributed by atoms with Crippen LogP contribution >= 0.6 is 9.47 Å². The van der Waals surface area contributed by atoms with Gasteiger partial charge in [0.1, 0.15) is 22.8 Å². The van der Waals surface area contributed by atoms with E-state index in [0.717, 1.165) is 0 Å². The molecule has 0 aliphatic heterocycles. The van der Waals surface area contributed by atoms with Crippen molar-refractivity contribution in [2.24, 2.45) is 5.92 Å². The third-order valence-corrected chi connectivity index (χ3v) is 4.62. The lowest BCUT2D eigenvalue weighted by Crippen LogP contribution is -2.27. The summed E-state index contributed by atoms with van der Waals surface area (Å²) in [6, 6.07) is 12.3. The van der Waals surface area contributed by atoms with E-state index in [1.54, 1.807) is 31.2 Å². The molecule has 0 amide bonds. The zero-order valence-electron chi connectivity index (χ0n) is 15.7. The van der Waals surface area contributed by atoms with Crippen molar-refractivity contribution >= 4 is 21.2 Å². The number of carbonyl (C=O) groups excluding carboxylic acids is 2. The number of hydrogen-bond acceptors (Lipinski definition) is 6. The van der Waals surface area contributed by atoms with E-state index in [9.17, 15) is 9.59 Å². The lowest BCUT2D eigenvalue weighted by Gasteiger charge is -2.23. The van der Waals surface area contributed by atoms with Gasteiger partial charge in [0.05, 0.1) is 42.6 Å². The smallest absolute Gasteiger partial charge is 0.311 e. The maximum absolute atomic E-state index is 13.6. The summed E-state index contributed by atoms with van der Waals surface area (Å²) in [4.78, 5) is 25.7. The standard InChI is InChI=1S/C20H23O6P/c1-12(20(22)26-27)17(13-8-6-5-7-9-13)19(21)18-15(24-3)10-14(23-2)11-16(18)25-4/h5-12,17H,27H2,1-4H3. The van der Waals surface area contributed by atoms with E-state index in [4.69, 9.17) is 18.7 Å². The highest BCUT2D eigenvalue weighted by Gasteiger charge is 2.36. The first-order valence-corrected chi connectivity index (χ1v) is 8.75. The Morgan fingerprint density at radius 1 is 0.926 bits per heavy atom. The predicted octanol–water partition coefficient (Wildman–Crippen LogP) is 3.65. The fourth-order valence-electron chi connectivity index (χ4n) is 2.97. The van der Waals surface area contributed by atoms with Gasteiger partial charge in [-0.25, -0.2) is 0 Å². The molecule has 2 aromatic carbocycles. The second kappa shape index (κ2) is 9.38. The highest BCUT2D eigenvalue weighted by molar-refractivity contribution is 7.10. The van der Waals surface area contributed by atoms with Crippen molar-refractivity contribution in [2.45, 2.75) is 12.8 Å². The topological polar surface area (TPSA) is 71.1 Å². The van der Waals surface area contributed by atoms with Gasteiger partial charge in [0.2, 0.25) is 0 Å². The Labute approximate surface area is 161 Å². The molecule has 0 spiro atoms. The molecule has 144 valence electrons. The molecule has 0 heterocycles. The summed E-state index contributed by atoms with van der Waals surface area (Å²) >= 11 is 0. The minimum Gasteiger partial charge on any atom is -0.496 e. The summed E-state index contributed by atoms with van der Waals surface area (Å²) in [5.74, 6) is -1.18. The first-order chi connectivity index (χ1) is 13.0. The quantitative estimate of drug-likeness (QED) is 0.506. The van der Waals surface area contributed by atoms with E-state index < -0.39 is 17.8 Å². The number of Topliss-reactive ketones (excluding diaryl/α,β-unsaturated/α-hetero) is 1. The number of methoxy groups -OCH3 is 3. The van der Waals surface area contributed by atoms with Crippen LogP contribution in [0.1, 0.15) is 28.8 Å². The maximum Gasteiger partial charge on any atom is 0.311 e. The normalized spacial score (nSPS) is 12.6. The number of ether oxygens (including phenoxy) is 3. The number of benzene rings is 2. The van der Waals surface area contributed by atoms with Gasteiger partial charge in [-0.3, -0.25) is 9.59 Å². The third kappa shape index (κ3) is 4.40. The summed E-state index contributed by atoms with van der Waals surface area (Å²) < 4.78 is 20.8. The maximum atomic E-state index is 13.6. The molecule has 0 N–H and O–H groups in total. The minimum absolute atomic E-state index is 0.248. The molecule has 27 heavy (non-hydrogen) atoms. The van der Waals surface area contributed by atoms with Crippen LogP contribution in [-0.4, -0.2) is 33.1 Å². The molecule has 6 nitrogen and oxygen atoms in total. The highest BCUT2D eigenvalue weighted by Crippen LogP contribution is 2.39. The summed E-state index contributed by atoms with van der Waals surface area (Å²) in [7, 11) is 6.37. The molecule has 0 radical (unpaired) electrons. The molecular formula is C20H23O6P. The lowest BCUT2D eigenvalue weighted by atomic mass is 9.81. The molecule has 3 atom stereocenters. The van der Waals surface area contributed by atoms with Crippen molar-refractivity contribution in [3.63, 3.8) is 0 Å². The van der Waals surface area contributed by atoms with Crippen molar-refractivity contribution in [2.75, 3.05) is 21.3 Å². The molecule has 0 fully saturated rings. The summed E-state index contributed by atoms with van der Waals surface area (Å²) in [5, 5.41) is 0. The second-order valence-corrected chi connectivity index (χ2v) is 6.12. The first kappa shape index (κ1) is 20.7. The van der Waals surface area contributed by atoms with Crippen LogP contribution in [0.25, 0.3) is 0 Å². The summed E-state index contributed by atoms with van der Waals surface area (Å²) in [6.07, 6.45) is 0. The van der Waals surface area contributed by atoms with Gasteiger partial charge in [0.15, 0.2) is 5.78 Å². The number of rotatable bonds is 8. The van der Waals surface area contributed by atoms with Gasteiger partial charge in [-0.2, -0.15) is 0 Å². The molecule has 0 saturated carbocycles. The van der Waals surface area contributed by atoms with Crippen LogP contribution in [0.4, 0.5) is 0 Å². The van der Waals surface area contributed by atoms with Crippen molar-refractivity contribution in [1.29, 1.82) is 0 Å².